The lowest BCUT2D eigenvalue weighted by Gasteiger charge is -2.38. The minimum absolute atomic E-state index is 0.0518. The van der Waals surface area contributed by atoms with Crippen molar-refractivity contribution >= 4 is 5.91 Å². The van der Waals surface area contributed by atoms with E-state index in [0.29, 0.717) is 6.04 Å². The predicted molar refractivity (Wildman–Crippen MR) is 62.4 cm³/mol. The van der Waals surface area contributed by atoms with E-state index in [2.05, 4.69) is 13.8 Å². The highest BCUT2D eigenvalue weighted by molar-refractivity contribution is 5.79. The number of carbonyl (C=O) groups is 1. The standard InChI is InChI=1S/C12H24N2O/c1-8-5-6-14(9(2)7-8)12(15)10(3)11(4)13/h8-11H,5-7,13H2,1-4H3. The Hall–Kier alpha value is -0.570. The molecule has 1 amide bonds. The second-order valence-electron chi connectivity index (χ2n) is 5.16. The van der Waals surface area contributed by atoms with Gasteiger partial charge >= 0.3 is 0 Å². The van der Waals surface area contributed by atoms with Crippen molar-refractivity contribution < 1.29 is 4.79 Å². The maximum absolute atomic E-state index is 12.1. The Balaban J connectivity index is 2.60. The summed E-state index contributed by atoms with van der Waals surface area (Å²) in [6, 6.07) is 0.325. The SMILES string of the molecule is CC1CCN(C(=O)C(C)C(C)N)C(C)C1. The Morgan fingerprint density at radius 1 is 1.40 bits per heavy atom. The molecule has 1 heterocycles. The highest BCUT2D eigenvalue weighted by atomic mass is 16.2. The summed E-state index contributed by atoms with van der Waals surface area (Å²) in [4.78, 5) is 14.1. The predicted octanol–water partition coefficient (Wildman–Crippen LogP) is 1.62. The molecular weight excluding hydrogens is 188 g/mol. The number of nitrogens with zero attached hydrogens (tertiary/aromatic N) is 1. The van der Waals surface area contributed by atoms with Crippen LogP contribution >= 0.6 is 0 Å². The van der Waals surface area contributed by atoms with E-state index in [-0.39, 0.29) is 17.9 Å². The van der Waals surface area contributed by atoms with Gasteiger partial charge in [-0.25, -0.2) is 0 Å². The summed E-state index contributed by atoms with van der Waals surface area (Å²) in [7, 11) is 0. The van der Waals surface area contributed by atoms with Crippen molar-refractivity contribution in [2.45, 2.75) is 52.6 Å². The third kappa shape index (κ3) is 2.94. The number of piperidine rings is 1. The molecule has 0 spiro atoms. The lowest BCUT2D eigenvalue weighted by Crippen LogP contribution is -2.49. The molecule has 0 aromatic heterocycles. The molecule has 4 unspecified atom stereocenters. The van der Waals surface area contributed by atoms with Crippen LogP contribution in [0, 0.1) is 11.8 Å². The molecule has 3 heteroatoms. The van der Waals surface area contributed by atoms with Crippen molar-refractivity contribution in [3.63, 3.8) is 0 Å². The second kappa shape index (κ2) is 4.97. The first kappa shape index (κ1) is 12.5. The van der Waals surface area contributed by atoms with Crippen LogP contribution in [0.3, 0.4) is 0 Å². The summed E-state index contributed by atoms with van der Waals surface area (Å²) in [5.41, 5.74) is 5.77. The van der Waals surface area contributed by atoms with Crippen molar-refractivity contribution in [1.82, 2.24) is 4.90 Å². The van der Waals surface area contributed by atoms with Gasteiger partial charge in [-0.2, -0.15) is 0 Å². The molecule has 2 N–H and O–H groups in total. The van der Waals surface area contributed by atoms with Crippen LogP contribution in [-0.2, 0) is 4.79 Å². The zero-order chi connectivity index (χ0) is 11.6. The number of hydrogen-bond donors (Lipinski definition) is 1. The molecule has 0 aromatic rings. The third-order valence-electron chi connectivity index (χ3n) is 3.60. The number of likely N-dealkylation sites (tertiary alicyclic amines) is 1. The molecule has 0 aromatic carbocycles. The van der Waals surface area contributed by atoms with Crippen LogP contribution in [0.5, 0.6) is 0 Å². The third-order valence-corrected chi connectivity index (χ3v) is 3.60. The average molecular weight is 212 g/mol. The lowest BCUT2D eigenvalue weighted by molar-refractivity contribution is -0.139. The topological polar surface area (TPSA) is 46.3 Å². The van der Waals surface area contributed by atoms with Crippen LogP contribution in [0.4, 0.5) is 0 Å². The first-order chi connectivity index (χ1) is 6.93. The highest BCUT2D eigenvalue weighted by Crippen LogP contribution is 2.23. The quantitative estimate of drug-likeness (QED) is 0.756. The smallest absolute Gasteiger partial charge is 0.227 e. The zero-order valence-corrected chi connectivity index (χ0v) is 10.4. The fraction of sp³-hybridized carbons (Fsp3) is 0.917. The maximum Gasteiger partial charge on any atom is 0.227 e. The fourth-order valence-electron chi connectivity index (χ4n) is 2.22. The summed E-state index contributed by atoms with van der Waals surface area (Å²) in [6.45, 7) is 9.13. The number of nitrogens with two attached hydrogens (primary N) is 1. The lowest BCUT2D eigenvalue weighted by atomic mass is 9.91. The average Bonchev–Trinajstić information content (AvgIpc) is 2.15. The van der Waals surface area contributed by atoms with E-state index in [1.807, 2.05) is 18.7 Å². The molecule has 0 radical (unpaired) electrons. The minimum atomic E-state index is -0.0548. The molecule has 1 fully saturated rings. The van der Waals surface area contributed by atoms with E-state index >= 15 is 0 Å². The van der Waals surface area contributed by atoms with Gasteiger partial charge in [0.15, 0.2) is 0 Å². The first-order valence-electron chi connectivity index (χ1n) is 5.99. The van der Waals surface area contributed by atoms with Gasteiger partial charge in [0.1, 0.15) is 0 Å². The molecule has 4 atom stereocenters. The van der Waals surface area contributed by atoms with Gasteiger partial charge in [0, 0.05) is 18.6 Å². The maximum atomic E-state index is 12.1. The minimum Gasteiger partial charge on any atom is -0.340 e. The van der Waals surface area contributed by atoms with Crippen LogP contribution in [0.1, 0.15) is 40.5 Å². The first-order valence-corrected chi connectivity index (χ1v) is 5.99. The molecule has 0 saturated carbocycles. The van der Waals surface area contributed by atoms with Crippen molar-refractivity contribution in [2.24, 2.45) is 17.6 Å². The largest absolute Gasteiger partial charge is 0.340 e. The Labute approximate surface area is 93.0 Å². The van der Waals surface area contributed by atoms with Crippen molar-refractivity contribution in [3.8, 4) is 0 Å². The number of carbonyl (C=O) groups excluding carboxylic acids is 1. The summed E-state index contributed by atoms with van der Waals surface area (Å²) in [5, 5.41) is 0. The number of amides is 1. The van der Waals surface area contributed by atoms with Gasteiger partial charge in [-0.15, -0.1) is 0 Å². The van der Waals surface area contributed by atoms with Gasteiger partial charge in [-0.3, -0.25) is 4.79 Å². The molecule has 3 nitrogen and oxygen atoms in total. The van der Waals surface area contributed by atoms with Gasteiger partial charge in [-0.05, 0) is 32.6 Å². The fourth-order valence-corrected chi connectivity index (χ4v) is 2.22. The molecule has 88 valence electrons. The Bertz CT molecular complexity index is 228. The summed E-state index contributed by atoms with van der Waals surface area (Å²) < 4.78 is 0. The van der Waals surface area contributed by atoms with Crippen molar-refractivity contribution in [2.75, 3.05) is 6.54 Å². The van der Waals surface area contributed by atoms with E-state index in [1.54, 1.807) is 0 Å². The van der Waals surface area contributed by atoms with Crippen LogP contribution in [0.15, 0.2) is 0 Å². The Kier molecular flexibility index (Phi) is 4.14. The monoisotopic (exact) mass is 212 g/mol. The van der Waals surface area contributed by atoms with Crippen molar-refractivity contribution in [1.29, 1.82) is 0 Å². The molecule has 0 bridgehead atoms. The molecule has 0 aliphatic carbocycles. The molecule has 1 aliphatic heterocycles. The van der Waals surface area contributed by atoms with E-state index in [0.717, 1.165) is 25.3 Å². The van der Waals surface area contributed by atoms with Crippen LogP contribution < -0.4 is 5.73 Å². The second-order valence-corrected chi connectivity index (χ2v) is 5.16. The summed E-state index contributed by atoms with van der Waals surface area (Å²) in [6.07, 6.45) is 2.25. The van der Waals surface area contributed by atoms with E-state index in [4.69, 9.17) is 5.73 Å². The van der Waals surface area contributed by atoms with E-state index in [1.165, 1.54) is 0 Å². The Morgan fingerprint density at radius 2 is 2.00 bits per heavy atom. The molecule has 1 aliphatic rings. The van der Waals surface area contributed by atoms with Gasteiger partial charge < -0.3 is 10.6 Å². The zero-order valence-electron chi connectivity index (χ0n) is 10.4. The summed E-state index contributed by atoms with van der Waals surface area (Å²) >= 11 is 0. The van der Waals surface area contributed by atoms with Crippen LogP contribution in [0.2, 0.25) is 0 Å². The van der Waals surface area contributed by atoms with Gasteiger partial charge in [0.25, 0.3) is 0 Å². The molecule has 15 heavy (non-hydrogen) atoms. The van der Waals surface area contributed by atoms with E-state index < -0.39 is 0 Å². The van der Waals surface area contributed by atoms with Gasteiger partial charge in [-0.1, -0.05) is 13.8 Å². The van der Waals surface area contributed by atoms with Crippen LogP contribution in [-0.4, -0.2) is 29.4 Å². The van der Waals surface area contributed by atoms with Gasteiger partial charge in [0.2, 0.25) is 5.91 Å². The number of rotatable bonds is 2. The molecule has 1 rings (SSSR count). The number of hydrogen-bond acceptors (Lipinski definition) is 2. The van der Waals surface area contributed by atoms with Crippen LogP contribution in [0.25, 0.3) is 0 Å². The Morgan fingerprint density at radius 3 is 2.47 bits per heavy atom. The molecule has 1 saturated heterocycles. The van der Waals surface area contributed by atoms with Crippen molar-refractivity contribution in [3.05, 3.63) is 0 Å². The normalized spacial score (nSPS) is 31.1. The summed E-state index contributed by atoms with van der Waals surface area (Å²) in [5.74, 6) is 0.917. The highest BCUT2D eigenvalue weighted by Gasteiger charge is 2.30. The van der Waals surface area contributed by atoms with Gasteiger partial charge in [0.05, 0.1) is 5.92 Å². The van der Waals surface area contributed by atoms with E-state index in [9.17, 15) is 4.79 Å². The molecular formula is C12H24N2O.